The molecule has 0 fully saturated rings. The lowest BCUT2D eigenvalue weighted by atomic mass is 9.85. The number of benzene rings is 7. The Labute approximate surface area is 302 Å². The Kier molecular flexibility index (Phi) is 7.11. The van der Waals surface area contributed by atoms with Crippen molar-refractivity contribution in [2.45, 2.75) is 19.3 Å². The van der Waals surface area contributed by atoms with E-state index in [1.54, 1.807) is 0 Å². The minimum absolute atomic E-state index is 0.460. The maximum atomic E-state index is 2.49. The predicted molar refractivity (Wildman–Crippen MR) is 220 cm³/mol. The molecule has 0 spiro atoms. The van der Waals surface area contributed by atoms with Crippen molar-refractivity contribution in [3.63, 3.8) is 0 Å². The molecular formula is C49H35NS. The van der Waals surface area contributed by atoms with E-state index in [0.717, 1.165) is 6.42 Å². The Hall–Kier alpha value is -5.96. The van der Waals surface area contributed by atoms with Gasteiger partial charge in [0, 0.05) is 38.0 Å². The van der Waals surface area contributed by atoms with Crippen LogP contribution in [0, 0.1) is 0 Å². The van der Waals surface area contributed by atoms with Gasteiger partial charge in [0.1, 0.15) is 0 Å². The van der Waals surface area contributed by atoms with Crippen molar-refractivity contribution in [3.05, 3.63) is 181 Å². The molecule has 51 heavy (non-hydrogen) atoms. The molecule has 1 aliphatic rings. The monoisotopic (exact) mass is 669 g/mol. The van der Waals surface area contributed by atoms with Gasteiger partial charge in [-0.3, -0.25) is 0 Å². The number of nitrogens with zero attached hydrogens (tertiary/aromatic N) is 1. The molecule has 0 aliphatic heterocycles. The van der Waals surface area contributed by atoms with Gasteiger partial charge in [-0.1, -0.05) is 146 Å². The highest BCUT2D eigenvalue weighted by Gasteiger charge is 2.23. The molecule has 0 saturated heterocycles. The lowest BCUT2D eigenvalue weighted by Gasteiger charge is -2.20. The molecule has 0 amide bonds. The molecule has 2 heteroatoms. The van der Waals surface area contributed by atoms with E-state index in [1.165, 1.54) is 92.5 Å². The summed E-state index contributed by atoms with van der Waals surface area (Å²) in [5.41, 5.74) is 12.8. The van der Waals surface area contributed by atoms with Crippen molar-refractivity contribution in [2.75, 3.05) is 0 Å². The molecule has 7 aromatic carbocycles. The maximum absolute atomic E-state index is 2.49. The van der Waals surface area contributed by atoms with Crippen LogP contribution in [0.15, 0.2) is 170 Å². The summed E-state index contributed by atoms with van der Waals surface area (Å²) in [5, 5.41) is 6.42. The predicted octanol–water partition coefficient (Wildman–Crippen LogP) is 14.2. The van der Waals surface area contributed by atoms with Crippen molar-refractivity contribution in [2.24, 2.45) is 0 Å². The van der Waals surface area contributed by atoms with Crippen LogP contribution in [0.4, 0.5) is 0 Å². The van der Waals surface area contributed by atoms with Gasteiger partial charge in [0.2, 0.25) is 0 Å². The first-order chi connectivity index (χ1) is 25.2. The number of aromatic nitrogens is 1. The minimum Gasteiger partial charge on any atom is -0.313 e. The summed E-state index contributed by atoms with van der Waals surface area (Å²) in [5.74, 6) is 0.460. The van der Waals surface area contributed by atoms with Crippen molar-refractivity contribution in [3.8, 4) is 48.8 Å². The van der Waals surface area contributed by atoms with E-state index in [9.17, 15) is 0 Å². The van der Waals surface area contributed by atoms with Gasteiger partial charge in [0.05, 0.1) is 5.52 Å². The van der Waals surface area contributed by atoms with Gasteiger partial charge in [-0.05, 0) is 97.7 Å². The minimum atomic E-state index is 0.460. The molecule has 1 unspecified atom stereocenters. The first-order valence-electron chi connectivity index (χ1n) is 17.8. The third-order valence-corrected chi connectivity index (χ3v) is 11.8. The highest BCUT2D eigenvalue weighted by molar-refractivity contribution is 7.18. The molecular weight excluding hydrogens is 635 g/mol. The number of thiophene rings is 1. The van der Waals surface area contributed by atoms with E-state index in [0.29, 0.717) is 5.92 Å². The fourth-order valence-corrected chi connectivity index (χ4v) is 9.34. The largest absolute Gasteiger partial charge is 0.313 e. The van der Waals surface area contributed by atoms with Crippen LogP contribution < -0.4 is 0 Å². The highest BCUT2D eigenvalue weighted by atomic mass is 32.1. The maximum Gasteiger partial charge on any atom is 0.0537 e. The number of fused-ring (bicyclic) bond motifs is 5. The lowest BCUT2D eigenvalue weighted by Crippen LogP contribution is -2.06. The SMILES string of the molecule is CC1CC=Cc2c1n(-c1ccc(-c3c4ccccc4c(-c4cccc(-c5ccc(-c6ccccc6)s5)c4)c4ccccc34)cc1)c1ccccc21. The summed E-state index contributed by atoms with van der Waals surface area (Å²) in [6.45, 7) is 2.35. The smallest absolute Gasteiger partial charge is 0.0537 e. The zero-order chi connectivity index (χ0) is 33.9. The zero-order valence-corrected chi connectivity index (χ0v) is 29.2. The van der Waals surface area contributed by atoms with Crippen LogP contribution in [0.25, 0.3) is 87.3 Å². The van der Waals surface area contributed by atoms with E-state index >= 15 is 0 Å². The first-order valence-corrected chi connectivity index (χ1v) is 18.6. The van der Waals surface area contributed by atoms with E-state index < -0.39 is 0 Å². The summed E-state index contributed by atoms with van der Waals surface area (Å²) in [7, 11) is 0. The summed E-state index contributed by atoms with van der Waals surface area (Å²) < 4.78 is 2.49. The molecule has 0 bridgehead atoms. The van der Waals surface area contributed by atoms with E-state index in [4.69, 9.17) is 0 Å². The van der Waals surface area contributed by atoms with Crippen LogP contribution >= 0.6 is 11.3 Å². The Morgan fingerprint density at radius 2 is 1.04 bits per heavy atom. The molecule has 1 nitrogen and oxygen atoms in total. The Morgan fingerprint density at radius 1 is 0.490 bits per heavy atom. The lowest BCUT2D eigenvalue weighted by molar-refractivity contribution is 0.723. The molecule has 2 heterocycles. The van der Waals surface area contributed by atoms with Crippen LogP contribution in [0.1, 0.15) is 30.5 Å². The van der Waals surface area contributed by atoms with E-state index in [-0.39, 0.29) is 0 Å². The standard InChI is InChI=1S/C49H35NS/c1-32-13-11-23-43-38-18-9-10-24-44(38)50(49(32)43)37-27-25-34(26-28-37)47-39-19-5-7-21-41(39)48(42-22-8-6-20-40(42)47)36-17-12-16-35(31-36)46-30-29-45(51-46)33-14-3-2-4-15-33/h2-12,14-32H,13H2,1H3. The average molecular weight is 670 g/mol. The van der Waals surface area contributed by atoms with Crippen LogP contribution in [-0.4, -0.2) is 4.57 Å². The number of hydrogen-bond donors (Lipinski definition) is 0. The molecule has 1 aliphatic carbocycles. The van der Waals surface area contributed by atoms with Crippen LogP contribution in [0.5, 0.6) is 0 Å². The van der Waals surface area contributed by atoms with Crippen molar-refractivity contribution < 1.29 is 0 Å². The molecule has 0 saturated carbocycles. The van der Waals surface area contributed by atoms with Crippen LogP contribution in [0.2, 0.25) is 0 Å². The molecule has 2 aromatic heterocycles. The fraction of sp³-hybridized carbons (Fsp3) is 0.0612. The van der Waals surface area contributed by atoms with Gasteiger partial charge < -0.3 is 4.57 Å². The first kappa shape index (κ1) is 29.9. The molecule has 10 rings (SSSR count). The highest BCUT2D eigenvalue weighted by Crippen LogP contribution is 2.45. The topological polar surface area (TPSA) is 4.93 Å². The van der Waals surface area contributed by atoms with Crippen LogP contribution in [0.3, 0.4) is 0 Å². The van der Waals surface area contributed by atoms with Crippen LogP contribution in [-0.2, 0) is 0 Å². The normalized spacial score (nSPS) is 14.0. The van der Waals surface area contributed by atoms with Crippen molar-refractivity contribution in [1.82, 2.24) is 4.57 Å². The third kappa shape index (κ3) is 4.90. The second-order valence-electron chi connectivity index (χ2n) is 13.7. The number of rotatable bonds is 5. The average Bonchev–Trinajstić information content (AvgIpc) is 3.82. The molecule has 242 valence electrons. The second-order valence-corrected chi connectivity index (χ2v) is 14.8. The van der Waals surface area contributed by atoms with Gasteiger partial charge in [-0.15, -0.1) is 11.3 Å². The molecule has 9 aromatic rings. The van der Waals surface area contributed by atoms with Gasteiger partial charge >= 0.3 is 0 Å². The van der Waals surface area contributed by atoms with Gasteiger partial charge in [0.15, 0.2) is 0 Å². The third-order valence-electron chi connectivity index (χ3n) is 10.6. The number of hydrogen-bond acceptors (Lipinski definition) is 1. The number of para-hydroxylation sites is 1. The summed E-state index contributed by atoms with van der Waals surface area (Å²) in [6.07, 6.45) is 5.71. The van der Waals surface area contributed by atoms with Crippen molar-refractivity contribution >= 4 is 49.9 Å². The summed E-state index contributed by atoms with van der Waals surface area (Å²) >= 11 is 1.85. The molecule has 0 N–H and O–H groups in total. The van der Waals surface area contributed by atoms with Crippen molar-refractivity contribution in [1.29, 1.82) is 0 Å². The number of allylic oxidation sites excluding steroid dienone is 1. The fourth-order valence-electron chi connectivity index (χ4n) is 8.33. The van der Waals surface area contributed by atoms with Gasteiger partial charge in [0.25, 0.3) is 0 Å². The van der Waals surface area contributed by atoms with Gasteiger partial charge in [-0.25, -0.2) is 0 Å². The Bertz CT molecular complexity index is 2720. The summed E-state index contributed by atoms with van der Waals surface area (Å²) in [6, 6.07) is 60.3. The Balaban J connectivity index is 1.12. The molecule has 1 atom stereocenters. The zero-order valence-electron chi connectivity index (χ0n) is 28.4. The summed E-state index contributed by atoms with van der Waals surface area (Å²) in [4.78, 5) is 2.57. The quantitative estimate of drug-likeness (QED) is 0.161. The van der Waals surface area contributed by atoms with E-state index in [2.05, 4.69) is 187 Å². The van der Waals surface area contributed by atoms with Gasteiger partial charge in [-0.2, -0.15) is 0 Å². The van der Waals surface area contributed by atoms with E-state index in [1.807, 2.05) is 11.3 Å². The second kappa shape index (κ2) is 12.1. The Morgan fingerprint density at radius 3 is 1.73 bits per heavy atom. The molecule has 0 radical (unpaired) electrons.